The molecule has 2 aromatic heterocycles. The van der Waals surface area contributed by atoms with E-state index in [-0.39, 0.29) is 25.5 Å². The SMILES string of the molecule is CCOc1ccc(N(C(=O)OC(C)(C)C)c2c(C)c(O[C@@H]3CN(C(=O)OCc4ccccc4)CC[C@H]3CC(=O)O)nc3ccnn23)cc1. The van der Waals surface area contributed by atoms with Gasteiger partial charge in [0.25, 0.3) is 0 Å². The molecule has 13 heteroatoms. The average Bonchev–Trinajstić information content (AvgIpc) is 3.51. The van der Waals surface area contributed by atoms with Crippen LogP contribution in [0.15, 0.2) is 66.9 Å². The third-order valence-corrected chi connectivity index (χ3v) is 7.75. The van der Waals surface area contributed by atoms with Gasteiger partial charge in [0.2, 0.25) is 5.88 Å². The lowest BCUT2D eigenvalue weighted by Crippen LogP contribution is -2.49. The molecule has 2 amide bonds. The standard InChI is InChI=1S/C35H41N5O8/c1-6-45-27-14-12-26(13-15-27)39(34(44)48-35(3,4)5)32-23(2)31(37-29-16-18-36-40(29)32)47-28-21-38(19-17-25(28)20-30(41)42)33(43)46-22-24-10-8-7-9-11-24/h7-16,18,25,28H,6,17,19-22H2,1-5H3,(H,41,42)/t25-,28+/m0/s1. The summed E-state index contributed by atoms with van der Waals surface area (Å²) in [6, 6.07) is 18.0. The molecule has 0 aliphatic carbocycles. The third kappa shape index (κ3) is 8.14. The van der Waals surface area contributed by atoms with Gasteiger partial charge in [0.15, 0.2) is 11.5 Å². The zero-order valence-corrected chi connectivity index (χ0v) is 27.8. The lowest BCUT2D eigenvalue weighted by Gasteiger charge is -2.37. The lowest BCUT2D eigenvalue weighted by atomic mass is 9.91. The Kier molecular flexibility index (Phi) is 10.4. The molecule has 2 aromatic carbocycles. The van der Waals surface area contributed by atoms with Crippen molar-refractivity contribution >= 4 is 35.3 Å². The summed E-state index contributed by atoms with van der Waals surface area (Å²) < 4.78 is 25.1. The van der Waals surface area contributed by atoms with Crippen molar-refractivity contribution in [1.29, 1.82) is 0 Å². The second-order valence-electron chi connectivity index (χ2n) is 12.5. The second kappa shape index (κ2) is 14.6. The summed E-state index contributed by atoms with van der Waals surface area (Å²) >= 11 is 0. The monoisotopic (exact) mass is 659 g/mol. The number of aliphatic carboxylic acids is 1. The first kappa shape index (κ1) is 34.0. The molecule has 0 radical (unpaired) electrons. The molecule has 48 heavy (non-hydrogen) atoms. The quantitative estimate of drug-likeness (QED) is 0.203. The maximum Gasteiger partial charge on any atom is 0.420 e. The lowest BCUT2D eigenvalue weighted by molar-refractivity contribution is -0.139. The number of carbonyl (C=O) groups is 3. The number of aromatic nitrogens is 3. The van der Waals surface area contributed by atoms with Crippen molar-refractivity contribution in [2.24, 2.45) is 5.92 Å². The van der Waals surface area contributed by atoms with Crippen LogP contribution in [0.2, 0.25) is 0 Å². The minimum absolute atomic E-state index is 0.0845. The van der Waals surface area contributed by atoms with Gasteiger partial charge in [0, 0.05) is 18.5 Å². The fourth-order valence-corrected chi connectivity index (χ4v) is 5.52. The fourth-order valence-electron chi connectivity index (χ4n) is 5.52. The van der Waals surface area contributed by atoms with Crippen molar-refractivity contribution in [3.05, 3.63) is 78.0 Å². The number of nitrogens with zero attached hydrogens (tertiary/aromatic N) is 5. The molecule has 0 bridgehead atoms. The molecule has 4 aromatic rings. The number of benzene rings is 2. The zero-order chi connectivity index (χ0) is 34.4. The largest absolute Gasteiger partial charge is 0.494 e. The Morgan fingerprint density at radius 1 is 1.04 bits per heavy atom. The summed E-state index contributed by atoms with van der Waals surface area (Å²) in [6.45, 7) is 9.95. The van der Waals surface area contributed by atoms with Crippen molar-refractivity contribution in [3.8, 4) is 11.6 Å². The van der Waals surface area contributed by atoms with Crippen LogP contribution in [0, 0.1) is 12.8 Å². The number of fused-ring (bicyclic) bond motifs is 1. The Morgan fingerprint density at radius 2 is 1.77 bits per heavy atom. The van der Waals surface area contributed by atoms with Crippen LogP contribution in [0.3, 0.4) is 0 Å². The molecule has 0 saturated carbocycles. The van der Waals surface area contributed by atoms with Gasteiger partial charge in [-0.2, -0.15) is 14.6 Å². The number of ether oxygens (including phenoxy) is 4. The van der Waals surface area contributed by atoms with E-state index in [4.69, 9.17) is 23.9 Å². The number of piperidine rings is 1. The van der Waals surface area contributed by atoms with E-state index in [0.29, 0.717) is 48.0 Å². The highest BCUT2D eigenvalue weighted by Gasteiger charge is 2.37. The molecule has 3 heterocycles. The molecule has 0 spiro atoms. The molecule has 1 aliphatic heterocycles. The van der Waals surface area contributed by atoms with E-state index in [1.165, 1.54) is 14.3 Å². The predicted molar refractivity (Wildman–Crippen MR) is 177 cm³/mol. The summed E-state index contributed by atoms with van der Waals surface area (Å²) in [4.78, 5) is 46.4. The van der Waals surface area contributed by atoms with E-state index in [0.717, 1.165) is 5.56 Å². The molecule has 1 saturated heterocycles. The number of hydrogen-bond donors (Lipinski definition) is 1. The molecule has 254 valence electrons. The summed E-state index contributed by atoms with van der Waals surface area (Å²) in [5.74, 6) is -0.268. The topological polar surface area (TPSA) is 145 Å². The first-order valence-corrected chi connectivity index (χ1v) is 15.9. The minimum atomic E-state index is -0.975. The van der Waals surface area contributed by atoms with Crippen LogP contribution in [0.25, 0.3) is 5.65 Å². The summed E-state index contributed by atoms with van der Waals surface area (Å²) in [6.07, 6.45) is -0.132. The van der Waals surface area contributed by atoms with E-state index in [1.807, 2.05) is 37.3 Å². The van der Waals surface area contributed by atoms with Crippen molar-refractivity contribution < 1.29 is 38.4 Å². The predicted octanol–water partition coefficient (Wildman–Crippen LogP) is 6.39. The van der Waals surface area contributed by atoms with Gasteiger partial charge in [-0.1, -0.05) is 30.3 Å². The number of amides is 2. The van der Waals surface area contributed by atoms with Gasteiger partial charge < -0.3 is 29.0 Å². The first-order chi connectivity index (χ1) is 22.9. The third-order valence-electron chi connectivity index (χ3n) is 7.75. The van der Waals surface area contributed by atoms with Crippen LogP contribution in [0.5, 0.6) is 11.6 Å². The van der Waals surface area contributed by atoms with Crippen molar-refractivity contribution in [3.63, 3.8) is 0 Å². The maximum atomic E-state index is 13.9. The van der Waals surface area contributed by atoms with Crippen molar-refractivity contribution in [2.45, 2.75) is 65.8 Å². The maximum absolute atomic E-state index is 13.9. The van der Waals surface area contributed by atoms with E-state index < -0.39 is 35.8 Å². The Hall–Kier alpha value is -5.33. The number of rotatable bonds is 10. The molecular weight excluding hydrogens is 618 g/mol. The molecular formula is C35H41N5O8. The summed E-state index contributed by atoms with van der Waals surface area (Å²) in [5, 5.41) is 14.2. The van der Waals surface area contributed by atoms with Crippen molar-refractivity contribution in [2.75, 3.05) is 24.6 Å². The number of carboxylic acids is 1. The Bertz CT molecular complexity index is 1740. The molecule has 1 fully saturated rings. The van der Waals surface area contributed by atoms with E-state index in [2.05, 4.69) is 5.10 Å². The molecule has 1 N–H and O–H groups in total. The Morgan fingerprint density at radius 3 is 2.44 bits per heavy atom. The van der Waals surface area contributed by atoms with Gasteiger partial charge in [-0.3, -0.25) is 4.79 Å². The van der Waals surface area contributed by atoms with Crippen LogP contribution >= 0.6 is 0 Å². The summed E-state index contributed by atoms with van der Waals surface area (Å²) in [5.41, 5.74) is 1.36. The van der Waals surface area contributed by atoms with Crippen LogP contribution < -0.4 is 14.4 Å². The molecule has 0 unspecified atom stereocenters. The van der Waals surface area contributed by atoms with E-state index in [9.17, 15) is 19.5 Å². The van der Waals surface area contributed by atoms with Gasteiger partial charge in [-0.15, -0.1) is 0 Å². The van der Waals surface area contributed by atoms with Gasteiger partial charge in [-0.05, 0) is 70.9 Å². The Balaban J connectivity index is 1.50. The average molecular weight is 660 g/mol. The molecule has 2 atom stereocenters. The number of anilines is 2. The highest BCUT2D eigenvalue weighted by Crippen LogP contribution is 2.37. The first-order valence-electron chi connectivity index (χ1n) is 15.9. The molecule has 1 aliphatic rings. The smallest absolute Gasteiger partial charge is 0.420 e. The highest BCUT2D eigenvalue weighted by atomic mass is 16.6. The van der Waals surface area contributed by atoms with Crippen LogP contribution in [-0.4, -0.2) is 74.2 Å². The van der Waals surface area contributed by atoms with Crippen molar-refractivity contribution in [1.82, 2.24) is 19.5 Å². The minimum Gasteiger partial charge on any atom is -0.494 e. The van der Waals surface area contributed by atoms with Crippen LogP contribution in [0.4, 0.5) is 21.1 Å². The fraction of sp³-hybridized carbons (Fsp3) is 0.400. The number of likely N-dealkylation sites (tertiary alicyclic amines) is 1. The van der Waals surface area contributed by atoms with Gasteiger partial charge >= 0.3 is 18.2 Å². The van der Waals surface area contributed by atoms with E-state index in [1.54, 1.807) is 64.2 Å². The van der Waals surface area contributed by atoms with Gasteiger partial charge in [0.05, 0.1) is 37.0 Å². The molecule has 13 nitrogen and oxygen atoms in total. The highest BCUT2D eigenvalue weighted by molar-refractivity contribution is 5.96. The molecule has 5 rings (SSSR count). The normalized spacial score (nSPS) is 16.3. The van der Waals surface area contributed by atoms with Crippen LogP contribution in [-0.2, 0) is 20.9 Å². The number of carboxylic acid groups (broad SMARTS) is 1. The van der Waals surface area contributed by atoms with E-state index >= 15 is 0 Å². The van der Waals surface area contributed by atoms with Gasteiger partial charge in [0.1, 0.15) is 24.1 Å². The number of carbonyl (C=O) groups excluding carboxylic acids is 2. The second-order valence-corrected chi connectivity index (χ2v) is 12.5. The van der Waals surface area contributed by atoms with Crippen LogP contribution in [0.1, 0.15) is 51.7 Å². The van der Waals surface area contributed by atoms with Gasteiger partial charge in [-0.25, -0.2) is 14.5 Å². The summed E-state index contributed by atoms with van der Waals surface area (Å²) in [7, 11) is 0. The zero-order valence-electron chi connectivity index (χ0n) is 27.8. The number of hydrogen-bond acceptors (Lipinski definition) is 9. The Labute approximate surface area is 279 Å².